The molecule has 0 unspecified atom stereocenters. The van der Waals surface area contributed by atoms with Gasteiger partial charge in [0.2, 0.25) is 13.6 Å². The van der Waals surface area contributed by atoms with E-state index in [0.717, 1.165) is 22.6 Å². The van der Waals surface area contributed by atoms with E-state index in [4.69, 9.17) is 18.9 Å². The minimum Gasteiger partial charge on any atom is -0.454 e. The molecule has 2 heterocycles. The Morgan fingerprint density at radius 3 is 2.16 bits per heavy atom. The predicted octanol–water partition coefficient (Wildman–Crippen LogP) is 2.49. The lowest BCUT2D eigenvalue weighted by molar-refractivity contribution is 0.173. The fraction of sp³-hybridized carbons (Fsp3) is 0.278. The van der Waals surface area contributed by atoms with Gasteiger partial charge in [0.25, 0.3) is 0 Å². The van der Waals surface area contributed by atoms with Gasteiger partial charge in [0, 0.05) is 20.1 Å². The van der Waals surface area contributed by atoms with E-state index in [0.29, 0.717) is 24.6 Å². The molecule has 0 saturated heterocycles. The van der Waals surface area contributed by atoms with Crippen molar-refractivity contribution in [2.24, 2.45) is 0 Å². The maximum atomic E-state index is 12.3. The lowest BCUT2D eigenvalue weighted by atomic mass is 10.2. The first-order valence-electron chi connectivity index (χ1n) is 7.95. The van der Waals surface area contributed by atoms with Crippen LogP contribution in [-0.4, -0.2) is 31.6 Å². The Morgan fingerprint density at radius 1 is 0.920 bits per heavy atom. The Morgan fingerprint density at radius 2 is 1.48 bits per heavy atom. The second-order valence-corrected chi connectivity index (χ2v) is 5.89. The van der Waals surface area contributed by atoms with Crippen molar-refractivity contribution in [2.45, 2.75) is 13.1 Å². The molecule has 0 aromatic heterocycles. The first-order valence-corrected chi connectivity index (χ1v) is 7.95. The van der Waals surface area contributed by atoms with Gasteiger partial charge in [-0.15, -0.1) is 0 Å². The first-order chi connectivity index (χ1) is 12.2. The van der Waals surface area contributed by atoms with Gasteiger partial charge in [-0.3, -0.25) is 0 Å². The number of carbonyl (C=O) groups is 1. The van der Waals surface area contributed by atoms with E-state index < -0.39 is 0 Å². The number of fused-ring (bicyclic) bond motifs is 2. The van der Waals surface area contributed by atoms with Crippen LogP contribution in [0.2, 0.25) is 0 Å². The number of amides is 2. The van der Waals surface area contributed by atoms with Crippen molar-refractivity contribution in [3.05, 3.63) is 47.5 Å². The Balaban J connectivity index is 1.33. The average Bonchev–Trinajstić information content (AvgIpc) is 3.27. The highest BCUT2D eigenvalue weighted by atomic mass is 16.7. The van der Waals surface area contributed by atoms with Crippen LogP contribution in [0.1, 0.15) is 11.1 Å². The number of urea groups is 1. The summed E-state index contributed by atoms with van der Waals surface area (Å²) in [6.07, 6.45) is 0. The summed E-state index contributed by atoms with van der Waals surface area (Å²) < 4.78 is 21.3. The maximum Gasteiger partial charge on any atom is 0.317 e. The zero-order valence-electron chi connectivity index (χ0n) is 13.8. The van der Waals surface area contributed by atoms with E-state index in [9.17, 15) is 4.79 Å². The van der Waals surface area contributed by atoms with Crippen molar-refractivity contribution < 1.29 is 23.7 Å². The predicted molar refractivity (Wildman–Crippen MR) is 88.8 cm³/mol. The van der Waals surface area contributed by atoms with E-state index in [-0.39, 0.29) is 19.6 Å². The second-order valence-electron chi connectivity index (χ2n) is 5.89. The second kappa shape index (κ2) is 6.43. The minimum atomic E-state index is -0.157. The molecule has 0 bridgehead atoms. The topological polar surface area (TPSA) is 69.3 Å². The molecule has 0 spiro atoms. The van der Waals surface area contributed by atoms with Crippen molar-refractivity contribution in [3.8, 4) is 23.0 Å². The minimum absolute atomic E-state index is 0.157. The number of hydrogen-bond donors (Lipinski definition) is 1. The molecule has 7 heteroatoms. The van der Waals surface area contributed by atoms with Crippen LogP contribution in [0.15, 0.2) is 36.4 Å². The highest BCUT2D eigenvalue weighted by molar-refractivity contribution is 5.74. The number of nitrogens with one attached hydrogen (secondary N) is 1. The molecule has 130 valence electrons. The molecule has 2 aromatic rings. The van der Waals surface area contributed by atoms with E-state index in [2.05, 4.69) is 5.32 Å². The zero-order chi connectivity index (χ0) is 17.2. The normalized spacial score (nSPS) is 13.6. The van der Waals surface area contributed by atoms with Gasteiger partial charge in [0.05, 0.1) is 0 Å². The molecule has 0 atom stereocenters. The van der Waals surface area contributed by atoms with Gasteiger partial charge in [-0.25, -0.2) is 4.79 Å². The van der Waals surface area contributed by atoms with Crippen molar-refractivity contribution in [1.29, 1.82) is 0 Å². The van der Waals surface area contributed by atoms with E-state index in [1.165, 1.54) is 0 Å². The van der Waals surface area contributed by atoms with Crippen LogP contribution in [0.4, 0.5) is 4.79 Å². The molecule has 2 amide bonds. The van der Waals surface area contributed by atoms with Gasteiger partial charge < -0.3 is 29.2 Å². The van der Waals surface area contributed by atoms with Crippen LogP contribution in [0, 0.1) is 0 Å². The fourth-order valence-corrected chi connectivity index (χ4v) is 2.75. The molecular formula is C18H18N2O5. The molecule has 1 N–H and O–H groups in total. The number of ether oxygens (including phenoxy) is 4. The Hall–Kier alpha value is -3.09. The quantitative estimate of drug-likeness (QED) is 0.924. The SMILES string of the molecule is CN(Cc1ccc2c(c1)OCO2)C(=O)NCc1ccc2c(c1)OCO2. The highest BCUT2D eigenvalue weighted by Crippen LogP contribution is 2.33. The molecule has 7 nitrogen and oxygen atoms in total. The molecule has 0 radical (unpaired) electrons. The van der Waals surface area contributed by atoms with Crippen LogP contribution < -0.4 is 24.3 Å². The number of hydrogen-bond acceptors (Lipinski definition) is 5. The summed E-state index contributed by atoms with van der Waals surface area (Å²) in [5.74, 6) is 2.89. The summed E-state index contributed by atoms with van der Waals surface area (Å²) in [5.41, 5.74) is 1.93. The summed E-state index contributed by atoms with van der Waals surface area (Å²) in [6.45, 7) is 1.37. The summed E-state index contributed by atoms with van der Waals surface area (Å²) in [5, 5.41) is 2.90. The van der Waals surface area contributed by atoms with E-state index in [1.807, 2.05) is 36.4 Å². The van der Waals surface area contributed by atoms with Gasteiger partial charge >= 0.3 is 6.03 Å². The third-order valence-corrected chi connectivity index (χ3v) is 4.08. The van der Waals surface area contributed by atoms with Gasteiger partial charge in [-0.05, 0) is 35.4 Å². The van der Waals surface area contributed by atoms with Crippen LogP contribution in [-0.2, 0) is 13.1 Å². The van der Waals surface area contributed by atoms with Crippen molar-refractivity contribution in [2.75, 3.05) is 20.6 Å². The monoisotopic (exact) mass is 342 g/mol. The van der Waals surface area contributed by atoms with Crippen LogP contribution in [0.25, 0.3) is 0 Å². The Kier molecular flexibility index (Phi) is 3.97. The number of rotatable bonds is 4. The third-order valence-electron chi connectivity index (χ3n) is 4.08. The standard InChI is InChI=1S/C18H18N2O5/c1-20(9-13-3-5-15-17(7-13)25-11-23-15)18(21)19-8-12-2-4-14-16(6-12)24-10-22-14/h2-7H,8-11H2,1H3,(H,19,21). The fourth-order valence-electron chi connectivity index (χ4n) is 2.75. The number of nitrogens with zero attached hydrogens (tertiary/aromatic N) is 1. The van der Waals surface area contributed by atoms with Gasteiger partial charge in [0.1, 0.15) is 0 Å². The molecule has 2 aliphatic heterocycles. The molecule has 0 fully saturated rings. The van der Waals surface area contributed by atoms with Crippen molar-refractivity contribution in [3.63, 3.8) is 0 Å². The summed E-state index contributed by atoms with van der Waals surface area (Å²) in [4.78, 5) is 13.9. The lowest BCUT2D eigenvalue weighted by Gasteiger charge is -2.18. The average molecular weight is 342 g/mol. The molecule has 0 saturated carbocycles. The summed E-state index contributed by atoms with van der Waals surface area (Å²) >= 11 is 0. The molecular weight excluding hydrogens is 324 g/mol. The molecule has 4 rings (SSSR count). The van der Waals surface area contributed by atoms with Crippen LogP contribution in [0.5, 0.6) is 23.0 Å². The first kappa shape index (κ1) is 15.4. The van der Waals surface area contributed by atoms with E-state index in [1.54, 1.807) is 11.9 Å². The maximum absolute atomic E-state index is 12.3. The molecule has 2 aliphatic rings. The highest BCUT2D eigenvalue weighted by Gasteiger charge is 2.16. The summed E-state index contributed by atoms with van der Waals surface area (Å²) in [7, 11) is 1.75. The molecule has 0 aliphatic carbocycles. The van der Waals surface area contributed by atoms with Gasteiger partial charge in [0.15, 0.2) is 23.0 Å². The van der Waals surface area contributed by atoms with Crippen LogP contribution in [0.3, 0.4) is 0 Å². The Bertz CT molecular complexity index is 808. The zero-order valence-corrected chi connectivity index (χ0v) is 13.8. The largest absolute Gasteiger partial charge is 0.454 e. The van der Waals surface area contributed by atoms with E-state index >= 15 is 0 Å². The third kappa shape index (κ3) is 3.26. The molecule has 25 heavy (non-hydrogen) atoms. The Labute approximate surface area is 145 Å². The number of benzene rings is 2. The number of carbonyl (C=O) groups excluding carboxylic acids is 1. The van der Waals surface area contributed by atoms with Crippen LogP contribution >= 0.6 is 0 Å². The van der Waals surface area contributed by atoms with Gasteiger partial charge in [-0.2, -0.15) is 0 Å². The van der Waals surface area contributed by atoms with Crippen molar-refractivity contribution in [1.82, 2.24) is 10.2 Å². The molecule has 2 aromatic carbocycles. The van der Waals surface area contributed by atoms with Crippen molar-refractivity contribution >= 4 is 6.03 Å². The summed E-state index contributed by atoms with van der Waals surface area (Å²) in [6, 6.07) is 11.1. The lowest BCUT2D eigenvalue weighted by Crippen LogP contribution is -2.36. The smallest absolute Gasteiger partial charge is 0.317 e. The van der Waals surface area contributed by atoms with Gasteiger partial charge in [-0.1, -0.05) is 12.1 Å².